The van der Waals surface area contributed by atoms with Gasteiger partial charge in [0, 0.05) is 23.9 Å². The highest BCUT2D eigenvalue weighted by atomic mass is 32.1. The number of nitrogens with one attached hydrogen (secondary N) is 1. The summed E-state index contributed by atoms with van der Waals surface area (Å²) < 4.78 is 5.71. The molecule has 1 N–H and O–H groups in total. The van der Waals surface area contributed by atoms with Crippen molar-refractivity contribution in [2.45, 2.75) is 32.8 Å². The van der Waals surface area contributed by atoms with Crippen molar-refractivity contribution < 1.29 is 9.53 Å². The van der Waals surface area contributed by atoms with Crippen LogP contribution in [0.5, 0.6) is 5.75 Å². The Kier molecular flexibility index (Phi) is 6.60. The van der Waals surface area contributed by atoms with Crippen LogP contribution in [0.2, 0.25) is 0 Å². The highest BCUT2D eigenvalue weighted by Crippen LogP contribution is 2.23. The van der Waals surface area contributed by atoms with Crippen LogP contribution in [0.3, 0.4) is 0 Å². The van der Waals surface area contributed by atoms with Crippen LogP contribution < -0.4 is 10.1 Å². The highest BCUT2D eigenvalue weighted by molar-refractivity contribution is 7.13. The van der Waals surface area contributed by atoms with E-state index in [-0.39, 0.29) is 5.91 Å². The van der Waals surface area contributed by atoms with E-state index >= 15 is 0 Å². The SMILES string of the molecule is CCc1ccc(O[C@H](C)C(=O)NCCc2csc(-c3ccccc3)n2)cc1. The number of carbonyl (C=O) groups is 1. The fraction of sp³-hybridized carbons (Fsp3) is 0.273. The fourth-order valence-electron chi connectivity index (χ4n) is 2.65. The van der Waals surface area contributed by atoms with Crippen molar-refractivity contribution in [3.05, 3.63) is 71.2 Å². The van der Waals surface area contributed by atoms with Crippen molar-refractivity contribution >= 4 is 17.2 Å². The van der Waals surface area contributed by atoms with Crippen LogP contribution in [0.15, 0.2) is 60.0 Å². The Hall–Kier alpha value is -2.66. The molecule has 0 aliphatic heterocycles. The number of ether oxygens (including phenoxy) is 1. The summed E-state index contributed by atoms with van der Waals surface area (Å²) in [6.45, 7) is 4.41. The zero-order chi connectivity index (χ0) is 19.1. The quantitative estimate of drug-likeness (QED) is 0.626. The fourth-order valence-corrected chi connectivity index (χ4v) is 3.51. The molecule has 0 unspecified atom stereocenters. The number of hydrogen-bond acceptors (Lipinski definition) is 4. The molecule has 0 aliphatic rings. The van der Waals surface area contributed by atoms with Crippen LogP contribution in [0.4, 0.5) is 0 Å². The maximum atomic E-state index is 12.2. The van der Waals surface area contributed by atoms with Gasteiger partial charge in [0.25, 0.3) is 5.91 Å². The normalized spacial score (nSPS) is 11.8. The molecule has 0 bridgehead atoms. The highest BCUT2D eigenvalue weighted by Gasteiger charge is 2.14. The number of hydrogen-bond donors (Lipinski definition) is 1. The van der Waals surface area contributed by atoms with E-state index in [4.69, 9.17) is 4.74 Å². The molecule has 1 aromatic heterocycles. The Labute approximate surface area is 164 Å². The third kappa shape index (κ3) is 5.41. The summed E-state index contributed by atoms with van der Waals surface area (Å²) >= 11 is 1.62. The van der Waals surface area contributed by atoms with Gasteiger partial charge in [-0.1, -0.05) is 49.4 Å². The van der Waals surface area contributed by atoms with Crippen molar-refractivity contribution in [2.24, 2.45) is 0 Å². The number of aromatic nitrogens is 1. The molecule has 1 atom stereocenters. The molecule has 1 amide bonds. The van der Waals surface area contributed by atoms with Crippen LogP contribution in [0.1, 0.15) is 25.1 Å². The third-order valence-corrected chi connectivity index (χ3v) is 5.21. The van der Waals surface area contributed by atoms with Gasteiger partial charge < -0.3 is 10.1 Å². The van der Waals surface area contributed by atoms with Crippen molar-refractivity contribution in [3.63, 3.8) is 0 Å². The van der Waals surface area contributed by atoms with E-state index in [1.165, 1.54) is 5.56 Å². The summed E-state index contributed by atoms with van der Waals surface area (Å²) in [4.78, 5) is 16.9. The second-order valence-electron chi connectivity index (χ2n) is 6.31. The number of amides is 1. The molecule has 140 valence electrons. The molecule has 0 fully saturated rings. The minimum absolute atomic E-state index is 0.118. The monoisotopic (exact) mass is 380 g/mol. The lowest BCUT2D eigenvalue weighted by Crippen LogP contribution is -2.37. The van der Waals surface area contributed by atoms with E-state index in [9.17, 15) is 4.79 Å². The lowest BCUT2D eigenvalue weighted by atomic mass is 10.2. The van der Waals surface area contributed by atoms with Gasteiger partial charge in [-0.3, -0.25) is 4.79 Å². The topological polar surface area (TPSA) is 51.2 Å². The van der Waals surface area contributed by atoms with Gasteiger partial charge in [0.15, 0.2) is 6.10 Å². The first-order chi connectivity index (χ1) is 13.2. The maximum Gasteiger partial charge on any atom is 0.260 e. The molecule has 0 saturated heterocycles. The second-order valence-corrected chi connectivity index (χ2v) is 7.17. The van der Waals surface area contributed by atoms with Crippen LogP contribution in [0, 0.1) is 0 Å². The van der Waals surface area contributed by atoms with Crippen molar-refractivity contribution in [1.82, 2.24) is 10.3 Å². The minimum Gasteiger partial charge on any atom is -0.481 e. The van der Waals surface area contributed by atoms with Gasteiger partial charge in [0.1, 0.15) is 10.8 Å². The molecular formula is C22H24N2O2S. The first-order valence-corrected chi connectivity index (χ1v) is 10.1. The average Bonchev–Trinajstić information content (AvgIpc) is 3.18. The van der Waals surface area contributed by atoms with Crippen LogP contribution in [0.25, 0.3) is 10.6 Å². The summed E-state index contributed by atoms with van der Waals surface area (Å²) in [7, 11) is 0. The molecule has 2 aromatic carbocycles. The summed E-state index contributed by atoms with van der Waals surface area (Å²) in [6.07, 6.45) is 1.15. The minimum atomic E-state index is -0.534. The maximum absolute atomic E-state index is 12.2. The van der Waals surface area contributed by atoms with Crippen LogP contribution in [-0.2, 0) is 17.6 Å². The summed E-state index contributed by atoms with van der Waals surface area (Å²) in [6, 6.07) is 18.0. The van der Waals surface area contributed by atoms with Gasteiger partial charge >= 0.3 is 0 Å². The predicted octanol–water partition coefficient (Wildman–Crippen LogP) is 4.50. The standard InChI is InChI=1S/C22H24N2O2S/c1-3-17-9-11-20(12-10-17)26-16(2)21(25)23-14-13-19-15-27-22(24-19)18-7-5-4-6-8-18/h4-12,15-16H,3,13-14H2,1-2H3,(H,23,25)/t16-/m1/s1. The second kappa shape index (κ2) is 9.33. The first kappa shape index (κ1) is 19.1. The van der Waals surface area contributed by atoms with Gasteiger partial charge in [-0.05, 0) is 31.0 Å². The van der Waals surface area contributed by atoms with E-state index < -0.39 is 6.10 Å². The van der Waals surface area contributed by atoms with Crippen molar-refractivity contribution in [2.75, 3.05) is 6.54 Å². The Morgan fingerprint density at radius 2 is 1.89 bits per heavy atom. The van der Waals surface area contributed by atoms with E-state index in [0.717, 1.165) is 22.7 Å². The van der Waals surface area contributed by atoms with E-state index in [1.807, 2.05) is 47.8 Å². The molecular weight excluding hydrogens is 356 g/mol. The zero-order valence-electron chi connectivity index (χ0n) is 15.6. The number of nitrogens with zero attached hydrogens (tertiary/aromatic N) is 1. The molecule has 0 aliphatic carbocycles. The largest absolute Gasteiger partial charge is 0.481 e. The Balaban J connectivity index is 1.45. The summed E-state index contributed by atoms with van der Waals surface area (Å²) in [5, 5.41) is 5.97. The van der Waals surface area contributed by atoms with Crippen LogP contribution in [-0.4, -0.2) is 23.5 Å². The van der Waals surface area contributed by atoms with Gasteiger partial charge in [-0.2, -0.15) is 0 Å². The zero-order valence-corrected chi connectivity index (χ0v) is 16.5. The van der Waals surface area contributed by atoms with E-state index in [2.05, 4.69) is 29.4 Å². The lowest BCUT2D eigenvalue weighted by molar-refractivity contribution is -0.127. The molecule has 0 spiro atoms. The first-order valence-electron chi connectivity index (χ1n) is 9.19. The summed E-state index contributed by atoms with van der Waals surface area (Å²) in [5.41, 5.74) is 3.36. The molecule has 27 heavy (non-hydrogen) atoms. The van der Waals surface area contributed by atoms with Gasteiger partial charge in [0.2, 0.25) is 0 Å². The van der Waals surface area contributed by atoms with Crippen molar-refractivity contribution in [3.8, 4) is 16.3 Å². The average molecular weight is 381 g/mol. The summed E-state index contributed by atoms with van der Waals surface area (Å²) in [5.74, 6) is 0.593. The number of rotatable bonds is 8. The Bertz CT molecular complexity index is 860. The van der Waals surface area contributed by atoms with Gasteiger partial charge in [-0.15, -0.1) is 11.3 Å². The molecule has 0 saturated carbocycles. The number of aryl methyl sites for hydroxylation is 1. The molecule has 3 aromatic rings. The van der Waals surface area contributed by atoms with Gasteiger partial charge in [0.05, 0.1) is 5.69 Å². The number of benzene rings is 2. The van der Waals surface area contributed by atoms with Crippen molar-refractivity contribution in [1.29, 1.82) is 0 Å². The molecule has 0 radical (unpaired) electrons. The van der Waals surface area contributed by atoms with E-state index in [0.29, 0.717) is 18.7 Å². The smallest absolute Gasteiger partial charge is 0.260 e. The number of carbonyl (C=O) groups excluding carboxylic acids is 1. The number of thiazole rings is 1. The predicted molar refractivity (Wildman–Crippen MR) is 110 cm³/mol. The molecule has 1 heterocycles. The third-order valence-electron chi connectivity index (χ3n) is 4.27. The Morgan fingerprint density at radius 3 is 2.59 bits per heavy atom. The van der Waals surface area contributed by atoms with Crippen LogP contribution >= 0.6 is 11.3 Å². The lowest BCUT2D eigenvalue weighted by Gasteiger charge is -2.14. The van der Waals surface area contributed by atoms with E-state index in [1.54, 1.807) is 18.3 Å². The molecule has 5 heteroatoms. The van der Waals surface area contributed by atoms with Gasteiger partial charge in [-0.25, -0.2) is 4.98 Å². The molecule has 4 nitrogen and oxygen atoms in total. The Morgan fingerprint density at radius 1 is 1.15 bits per heavy atom. The molecule has 3 rings (SSSR count).